The Morgan fingerprint density at radius 1 is 1.29 bits per heavy atom. The topological polar surface area (TPSA) is 41.6 Å². The summed E-state index contributed by atoms with van der Waals surface area (Å²) in [5.74, 6) is 0. The minimum absolute atomic E-state index is 0.335. The van der Waals surface area contributed by atoms with Crippen molar-refractivity contribution in [3.63, 3.8) is 0 Å². The van der Waals surface area contributed by atoms with Gasteiger partial charge < -0.3 is 10.1 Å². The van der Waals surface area contributed by atoms with Crippen LogP contribution in [0.2, 0.25) is 0 Å². The SMILES string of the molecule is CC(C)(C)OC(=O)NCCN(Cc1ccccc1)C1CC1. The maximum atomic E-state index is 11.6. The summed E-state index contributed by atoms with van der Waals surface area (Å²) in [6, 6.07) is 11.1. The molecule has 4 heteroatoms. The number of hydrogen-bond acceptors (Lipinski definition) is 3. The lowest BCUT2D eigenvalue weighted by molar-refractivity contribution is 0.0521. The summed E-state index contributed by atoms with van der Waals surface area (Å²) in [6.07, 6.45) is 2.19. The molecule has 1 amide bonds. The lowest BCUT2D eigenvalue weighted by Gasteiger charge is -2.23. The zero-order valence-corrected chi connectivity index (χ0v) is 13.3. The van der Waals surface area contributed by atoms with E-state index < -0.39 is 5.60 Å². The van der Waals surface area contributed by atoms with E-state index in [9.17, 15) is 4.79 Å². The molecule has 116 valence electrons. The zero-order valence-electron chi connectivity index (χ0n) is 13.3. The molecule has 1 fully saturated rings. The van der Waals surface area contributed by atoms with Crippen molar-refractivity contribution >= 4 is 6.09 Å². The first-order chi connectivity index (χ1) is 9.94. The van der Waals surface area contributed by atoms with Crippen LogP contribution in [-0.2, 0) is 11.3 Å². The number of ether oxygens (including phenoxy) is 1. The Morgan fingerprint density at radius 2 is 1.95 bits per heavy atom. The summed E-state index contributed by atoms with van der Waals surface area (Å²) in [5.41, 5.74) is 0.881. The van der Waals surface area contributed by atoms with Gasteiger partial charge >= 0.3 is 6.09 Å². The minimum Gasteiger partial charge on any atom is -0.444 e. The number of carbonyl (C=O) groups excluding carboxylic acids is 1. The van der Waals surface area contributed by atoms with Crippen LogP contribution in [0.3, 0.4) is 0 Å². The molecule has 2 rings (SSSR count). The molecule has 0 aliphatic heterocycles. The van der Waals surface area contributed by atoms with Gasteiger partial charge in [-0.15, -0.1) is 0 Å². The molecular weight excluding hydrogens is 264 g/mol. The highest BCUT2D eigenvalue weighted by Crippen LogP contribution is 2.27. The Kier molecular flexibility index (Phi) is 5.23. The third-order valence-electron chi connectivity index (χ3n) is 3.36. The smallest absolute Gasteiger partial charge is 0.407 e. The maximum Gasteiger partial charge on any atom is 0.407 e. The van der Waals surface area contributed by atoms with Crippen LogP contribution in [0.1, 0.15) is 39.2 Å². The van der Waals surface area contributed by atoms with Gasteiger partial charge in [0.2, 0.25) is 0 Å². The second kappa shape index (κ2) is 6.94. The Labute approximate surface area is 127 Å². The average Bonchev–Trinajstić information content (AvgIpc) is 3.21. The normalized spacial score (nSPS) is 15.0. The highest BCUT2D eigenvalue weighted by molar-refractivity contribution is 5.67. The average molecular weight is 290 g/mol. The number of rotatable bonds is 6. The van der Waals surface area contributed by atoms with Gasteiger partial charge in [0.25, 0.3) is 0 Å². The summed E-state index contributed by atoms with van der Waals surface area (Å²) in [5, 5.41) is 2.84. The fourth-order valence-corrected chi connectivity index (χ4v) is 2.26. The number of amides is 1. The number of nitrogens with one attached hydrogen (secondary N) is 1. The van der Waals surface area contributed by atoms with Crippen LogP contribution in [0.5, 0.6) is 0 Å². The highest BCUT2D eigenvalue weighted by Gasteiger charge is 2.28. The monoisotopic (exact) mass is 290 g/mol. The Morgan fingerprint density at radius 3 is 2.52 bits per heavy atom. The molecule has 21 heavy (non-hydrogen) atoms. The third kappa shape index (κ3) is 6.17. The number of alkyl carbamates (subject to hydrolysis) is 1. The van der Waals surface area contributed by atoms with Crippen molar-refractivity contribution in [2.45, 2.75) is 51.8 Å². The van der Waals surface area contributed by atoms with Crippen LogP contribution in [0.4, 0.5) is 4.79 Å². The van der Waals surface area contributed by atoms with Crippen LogP contribution in [0, 0.1) is 0 Å². The van der Waals surface area contributed by atoms with Gasteiger partial charge in [-0.1, -0.05) is 30.3 Å². The number of nitrogens with zero attached hydrogens (tertiary/aromatic N) is 1. The maximum absolute atomic E-state index is 11.6. The van der Waals surface area contributed by atoms with Crippen LogP contribution in [-0.4, -0.2) is 35.7 Å². The van der Waals surface area contributed by atoms with E-state index in [1.807, 2.05) is 26.8 Å². The van der Waals surface area contributed by atoms with E-state index >= 15 is 0 Å². The zero-order chi connectivity index (χ0) is 15.3. The molecule has 0 atom stereocenters. The summed E-state index contributed by atoms with van der Waals surface area (Å²) in [4.78, 5) is 14.1. The number of carbonyl (C=O) groups is 1. The van der Waals surface area contributed by atoms with Crippen molar-refractivity contribution in [2.24, 2.45) is 0 Å². The van der Waals surface area contributed by atoms with Crippen LogP contribution in [0.25, 0.3) is 0 Å². The quantitative estimate of drug-likeness (QED) is 0.875. The van der Waals surface area contributed by atoms with E-state index in [1.165, 1.54) is 18.4 Å². The third-order valence-corrected chi connectivity index (χ3v) is 3.36. The minimum atomic E-state index is -0.440. The van der Waals surface area contributed by atoms with Crippen LogP contribution in [0.15, 0.2) is 30.3 Å². The first-order valence-electron chi connectivity index (χ1n) is 7.69. The van der Waals surface area contributed by atoms with E-state index in [4.69, 9.17) is 4.74 Å². The molecule has 1 aliphatic carbocycles. The van der Waals surface area contributed by atoms with E-state index in [0.717, 1.165) is 13.1 Å². The van der Waals surface area contributed by atoms with E-state index in [2.05, 4.69) is 34.5 Å². The summed E-state index contributed by atoms with van der Waals surface area (Å²) in [6.45, 7) is 8.05. The molecule has 0 radical (unpaired) electrons. The van der Waals surface area contributed by atoms with Gasteiger partial charge in [-0.2, -0.15) is 0 Å². The fourth-order valence-electron chi connectivity index (χ4n) is 2.26. The molecular formula is C17H26N2O2. The summed E-state index contributed by atoms with van der Waals surface area (Å²) in [7, 11) is 0. The number of hydrogen-bond donors (Lipinski definition) is 1. The van der Waals surface area contributed by atoms with Crippen molar-refractivity contribution in [3.05, 3.63) is 35.9 Å². The molecule has 1 aliphatic rings. The Bertz CT molecular complexity index is 450. The summed E-state index contributed by atoms with van der Waals surface area (Å²) < 4.78 is 5.25. The standard InChI is InChI=1S/C17H26N2O2/c1-17(2,3)21-16(20)18-11-12-19(15-9-10-15)13-14-7-5-4-6-8-14/h4-8,15H,9-13H2,1-3H3,(H,18,20). The molecule has 0 aromatic heterocycles. The van der Waals surface area contributed by atoms with Gasteiger partial charge in [0, 0.05) is 25.7 Å². The molecule has 0 heterocycles. The fraction of sp³-hybridized carbons (Fsp3) is 0.588. The predicted octanol–water partition coefficient (Wildman–Crippen LogP) is 3.18. The van der Waals surface area contributed by atoms with Gasteiger partial charge in [-0.25, -0.2) is 4.79 Å². The van der Waals surface area contributed by atoms with Gasteiger partial charge in [0.15, 0.2) is 0 Å². The Hall–Kier alpha value is -1.55. The molecule has 0 spiro atoms. The van der Waals surface area contributed by atoms with Gasteiger partial charge in [-0.05, 0) is 39.2 Å². The second-order valence-electron chi connectivity index (χ2n) is 6.62. The van der Waals surface area contributed by atoms with Crippen LogP contribution >= 0.6 is 0 Å². The molecule has 0 saturated heterocycles. The van der Waals surface area contributed by atoms with E-state index in [-0.39, 0.29) is 6.09 Å². The molecule has 0 bridgehead atoms. The Balaban J connectivity index is 1.75. The molecule has 4 nitrogen and oxygen atoms in total. The largest absolute Gasteiger partial charge is 0.444 e. The van der Waals surface area contributed by atoms with E-state index in [1.54, 1.807) is 0 Å². The van der Waals surface area contributed by atoms with E-state index in [0.29, 0.717) is 12.6 Å². The van der Waals surface area contributed by atoms with Crippen molar-refractivity contribution in [1.82, 2.24) is 10.2 Å². The van der Waals surface area contributed by atoms with Gasteiger partial charge in [-0.3, -0.25) is 4.90 Å². The van der Waals surface area contributed by atoms with Crippen molar-refractivity contribution < 1.29 is 9.53 Å². The molecule has 0 unspecified atom stereocenters. The van der Waals surface area contributed by atoms with Crippen molar-refractivity contribution in [1.29, 1.82) is 0 Å². The lowest BCUT2D eigenvalue weighted by Crippen LogP contribution is -2.38. The van der Waals surface area contributed by atoms with Gasteiger partial charge in [0.05, 0.1) is 0 Å². The highest BCUT2D eigenvalue weighted by atomic mass is 16.6. The molecule has 1 aromatic rings. The van der Waals surface area contributed by atoms with Crippen molar-refractivity contribution in [2.75, 3.05) is 13.1 Å². The van der Waals surface area contributed by atoms with Crippen molar-refractivity contribution in [3.8, 4) is 0 Å². The first-order valence-corrected chi connectivity index (χ1v) is 7.69. The number of benzene rings is 1. The van der Waals surface area contributed by atoms with Crippen LogP contribution < -0.4 is 5.32 Å². The predicted molar refractivity (Wildman–Crippen MR) is 84.1 cm³/mol. The molecule has 1 aromatic carbocycles. The lowest BCUT2D eigenvalue weighted by atomic mass is 10.2. The molecule has 1 N–H and O–H groups in total. The summed E-state index contributed by atoms with van der Waals surface area (Å²) >= 11 is 0. The second-order valence-corrected chi connectivity index (χ2v) is 6.62. The first kappa shape index (κ1) is 15.8. The molecule has 1 saturated carbocycles. The van der Waals surface area contributed by atoms with Gasteiger partial charge in [0.1, 0.15) is 5.60 Å².